The molecular formula is C22H30N4O3. The Hall–Kier alpha value is -3.03. The van der Waals surface area contributed by atoms with Gasteiger partial charge in [-0.2, -0.15) is 0 Å². The van der Waals surface area contributed by atoms with E-state index in [1.54, 1.807) is 45.1 Å². The summed E-state index contributed by atoms with van der Waals surface area (Å²) in [6.07, 6.45) is 6.57. The zero-order valence-corrected chi connectivity index (χ0v) is 17.4. The lowest BCUT2D eigenvalue weighted by molar-refractivity contribution is -0.141. The van der Waals surface area contributed by atoms with E-state index in [0.29, 0.717) is 12.4 Å². The Morgan fingerprint density at radius 2 is 1.83 bits per heavy atom. The van der Waals surface area contributed by atoms with Gasteiger partial charge < -0.3 is 14.8 Å². The first-order valence-electron chi connectivity index (χ1n) is 9.26. The van der Waals surface area contributed by atoms with E-state index in [-0.39, 0.29) is 6.04 Å². The number of hydrogen-bond donors (Lipinski definition) is 2. The normalized spacial score (nSPS) is 12.2. The van der Waals surface area contributed by atoms with Crippen LogP contribution in [0.2, 0.25) is 0 Å². The standard InChI is InChI=1S/C9H7N.C8H12N2O.C5H11NO2/c1-2-6-9-8(4-1)5-3-7-10-9;1-3-5-10-6-4-9-8(10)7(2)11;1-4(5(7)8)6(2)3/h1-7H;3-4,6-7,11H,1,5H2,2H3;4H,1-3H3,(H,7,8). The van der Waals surface area contributed by atoms with Gasteiger partial charge in [-0.1, -0.05) is 30.3 Å². The van der Waals surface area contributed by atoms with Crippen molar-refractivity contribution in [3.63, 3.8) is 0 Å². The van der Waals surface area contributed by atoms with Crippen LogP contribution in [0.5, 0.6) is 0 Å². The Labute approximate surface area is 172 Å². The predicted molar refractivity (Wildman–Crippen MR) is 116 cm³/mol. The summed E-state index contributed by atoms with van der Waals surface area (Å²) in [5, 5.41) is 18.7. The fourth-order valence-electron chi connectivity index (χ4n) is 2.22. The number of carboxylic acids is 1. The highest BCUT2D eigenvalue weighted by Gasteiger charge is 2.11. The third-order valence-corrected chi connectivity index (χ3v) is 4.09. The lowest BCUT2D eigenvalue weighted by atomic mass is 10.2. The Kier molecular flexibility index (Phi) is 10.3. The van der Waals surface area contributed by atoms with Crippen molar-refractivity contribution >= 4 is 16.9 Å². The van der Waals surface area contributed by atoms with Crippen LogP contribution >= 0.6 is 0 Å². The molecular weight excluding hydrogens is 368 g/mol. The maximum Gasteiger partial charge on any atom is 0.320 e. The molecule has 29 heavy (non-hydrogen) atoms. The number of rotatable bonds is 5. The largest absolute Gasteiger partial charge is 0.480 e. The quantitative estimate of drug-likeness (QED) is 0.640. The highest BCUT2D eigenvalue weighted by molar-refractivity contribution is 5.77. The van der Waals surface area contributed by atoms with Crippen LogP contribution in [0, 0.1) is 0 Å². The van der Waals surface area contributed by atoms with Gasteiger partial charge in [-0.15, -0.1) is 6.58 Å². The molecule has 2 unspecified atom stereocenters. The molecule has 7 heteroatoms. The minimum atomic E-state index is -0.782. The van der Waals surface area contributed by atoms with E-state index < -0.39 is 12.1 Å². The molecule has 2 heterocycles. The SMILES string of the molecule is C=CCn1ccnc1C(C)O.CC(C(=O)O)N(C)C.c1ccc2ncccc2c1. The molecule has 2 aromatic heterocycles. The van der Waals surface area contributed by atoms with Crippen LogP contribution in [0.4, 0.5) is 0 Å². The summed E-state index contributed by atoms with van der Waals surface area (Å²) in [5.74, 6) is -0.0973. The fraction of sp³-hybridized carbons (Fsp3) is 0.318. The molecule has 0 radical (unpaired) electrons. The summed E-state index contributed by atoms with van der Waals surface area (Å²) in [7, 11) is 3.47. The number of likely N-dealkylation sites (N-methyl/N-ethyl adjacent to an activating group) is 1. The van der Waals surface area contributed by atoms with Crippen molar-refractivity contribution in [2.45, 2.75) is 32.5 Å². The van der Waals surface area contributed by atoms with Gasteiger partial charge in [0.1, 0.15) is 18.0 Å². The number of benzene rings is 1. The number of hydrogen-bond acceptors (Lipinski definition) is 5. The molecule has 7 nitrogen and oxygen atoms in total. The third-order valence-electron chi connectivity index (χ3n) is 4.09. The summed E-state index contributed by atoms with van der Waals surface area (Å²) in [6, 6.07) is 11.7. The minimum absolute atomic E-state index is 0.380. The number of aliphatic hydroxyl groups excluding tert-OH is 1. The van der Waals surface area contributed by atoms with Gasteiger partial charge in [0.2, 0.25) is 0 Å². The van der Waals surface area contributed by atoms with Crippen molar-refractivity contribution in [3.8, 4) is 0 Å². The molecule has 2 atom stereocenters. The smallest absolute Gasteiger partial charge is 0.320 e. The van der Waals surface area contributed by atoms with Crippen molar-refractivity contribution in [2.24, 2.45) is 0 Å². The first-order chi connectivity index (χ1) is 13.8. The van der Waals surface area contributed by atoms with Crippen LogP contribution in [-0.4, -0.2) is 55.8 Å². The number of carbonyl (C=O) groups is 1. The number of allylic oxidation sites excluding steroid dienone is 1. The second-order valence-corrected chi connectivity index (χ2v) is 6.58. The Balaban J connectivity index is 0.000000221. The molecule has 2 N–H and O–H groups in total. The van der Waals surface area contributed by atoms with Crippen LogP contribution in [0.25, 0.3) is 10.9 Å². The number of para-hydroxylation sites is 1. The van der Waals surface area contributed by atoms with Crippen LogP contribution in [0.3, 0.4) is 0 Å². The molecule has 0 fully saturated rings. The monoisotopic (exact) mass is 398 g/mol. The molecule has 0 saturated heterocycles. The highest BCUT2D eigenvalue weighted by atomic mass is 16.4. The van der Waals surface area contributed by atoms with Gasteiger partial charge in [0.25, 0.3) is 0 Å². The summed E-state index contributed by atoms with van der Waals surface area (Å²) >= 11 is 0. The van der Waals surface area contributed by atoms with E-state index in [1.165, 1.54) is 5.39 Å². The number of imidazole rings is 1. The number of aromatic nitrogens is 3. The number of nitrogens with zero attached hydrogens (tertiary/aromatic N) is 4. The zero-order valence-electron chi connectivity index (χ0n) is 17.4. The van der Waals surface area contributed by atoms with E-state index >= 15 is 0 Å². The molecule has 0 aliphatic heterocycles. The molecule has 3 aromatic rings. The number of fused-ring (bicyclic) bond motifs is 1. The van der Waals surface area contributed by atoms with Gasteiger partial charge in [-0.25, -0.2) is 4.98 Å². The molecule has 0 saturated carbocycles. The maximum absolute atomic E-state index is 10.1. The number of carboxylic acid groups (broad SMARTS) is 1. The number of aliphatic hydroxyl groups is 1. The lowest BCUT2D eigenvalue weighted by Crippen LogP contribution is -2.32. The molecule has 0 aliphatic carbocycles. The molecule has 0 aliphatic rings. The van der Waals surface area contributed by atoms with Gasteiger partial charge >= 0.3 is 5.97 Å². The van der Waals surface area contributed by atoms with E-state index in [2.05, 4.69) is 28.7 Å². The lowest BCUT2D eigenvalue weighted by Gasteiger charge is -2.13. The third kappa shape index (κ3) is 8.25. The number of aliphatic carboxylic acids is 1. The van der Waals surface area contributed by atoms with Crippen LogP contribution in [-0.2, 0) is 11.3 Å². The average Bonchev–Trinajstić information content (AvgIpc) is 3.17. The zero-order chi connectivity index (χ0) is 21.8. The second-order valence-electron chi connectivity index (χ2n) is 6.58. The summed E-state index contributed by atoms with van der Waals surface area (Å²) in [5.41, 5.74) is 1.06. The van der Waals surface area contributed by atoms with Gasteiger partial charge in [0.15, 0.2) is 0 Å². The van der Waals surface area contributed by atoms with Gasteiger partial charge in [0.05, 0.1) is 5.52 Å². The fourth-order valence-corrected chi connectivity index (χ4v) is 2.22. The van der Waals surface area contributed by atoms with Gasteiger partial charge in [0, 0.05) is 30.5 Å². The maximum atomic E-state index is 10.1. The van der Waals surface area contributed by atoms with Crippen LogP contribution in [0.15, 0.2) is 67.6 Å². The first kappa shape index (κ1) is 24.0. The molecule has 156 valence electrons. The van der Waals surface area contributed by atoms with Crippen LogP contribution in [0.1, 0.15) is 25.8 Å². The van der Waals surface area contributed by atoms with Gasteiger partial charge in [-0.3, -0.25) is 14.7 Å². The van der Waals surface area contributed by atoms with Crippen LogP contribution < -0.4 is 0 Å². The van der Waals surface area contributed by atoms with Crippen molar-refractivity contribution in [1.29, 1.82) is 0 Å². The Bertz CT molecular complexity index is 825. The highest BCUT2D eigenvalue weighted by Crippen LogP contribution is 2.09. The topological polar surface area (TPSA) is 91.5 Å². The van der Waals surface area contributed by atoms with Crippen molar-refractivity contribution in [2.75, 3.05) is 14.1 Å². The Morgan fingerprint density at radius 3 is 2.34 bits per heavy atom. The molecule has 1 aromatic carbocycles. The van der Waals surface area contributed by atoms with Gasteiger partial charge in [-0.05, 0) is 40.1 Å². The van der Waals surface area contributed by atoms with E-state index in [4.69, 9.17) is 5.11 Å². The first-order valence-corrected chi connectivity index (χ1v) is 9.26. The Morgan fingerprint density at radius 1 is 1.17 bits per heavy atom. The van der Waals surface area contributed by atoms with E-state index in [9.17, 15) is 9.90 Å². The van der Waals surface area contributed by atoms with E-state index in [0.717, 1.165) is 5.52 Å². The summed E-state index contributed by atoms with van der Waals surface area (Å²) < 4.78 is 1.86. The molecule has 0 spiro atoms. The van der Waals surface area contributed by atoms with Crippen molar-refractivity contribution in [1.82, 2.24) is 19.4 Å². The molecule has 0 amide bonds. The van der Waals surface area contributed by atoms with Crippen molar-refractivity contribution in [3.05, 3.63) is 73.5 Å². The number of pyridine rings is 1. The molecule has 0 bridgehead atoms. The predicted octanol–water partition coefficient (Wildman–Crippen LogP) is 3.38. The second kappa shape index (κ2) is 12.4. The van der Waals surface area contributed by atoms with Crippen molar-refractivity contribution < 1.29 is 15.0 Å². The summed E-state index contributed by atoms with van der Waals surface area (Å²) in [6.45, 7) is 7.64. The molecule has 3 rings (SSSR count). The minimum Gasteiger partial charge on any atom is -0.480 e. The summed E-state index contributed by atoms with van der Waals surface area (Å²) in [4.78, 5) is 19.9. The van der Waals surface area contributed by atoms with E-state index in [1.807, 2.05) is 41.2 Å². The average molecular weight is 399 g/mol.